The highest BCUT2D eigenvalue weighted by atomic mass is 79.9. The Morgan fingerprint density at radius 1 is 1.43 bits per heavy atom. The minimum atomic E-state index is 0.297. The van der Waals surface area contributed by atoms with Crippen LogP contribution in [-0.4, -0.2) is 6.54 Å². The van der Waals surface area contributed by atoms with Gasteiger partial charge in [0.25, 0.3) is 0 Å². The lowest BCUT2D eigenvalue weighted by atomic mass is 9.78. The van der Waals surface area contributed by atoms with E-state index in [2.05, 4.69) is 48.8 Å². The molecule has 0 radical (unpaired) electrons. The van der Waals surface area contributed by atoms with Gasteiger partial charge in [0.05, 0.1) is 3.79 Å². The molecule has 0 fully saturated rings. The smallest absolute Gasteiger partial charge is 0.0701 e. The monoisotopic (exact) mass is 275 g/mol. The number of nitrogens with two attached hydrogens (primary N) is 1. The second kappa shape index (κ2) is 4.77. The van der Waals surface area contributed by atoms with Gasteiger partial charge in [-0.2, -0.15) is 0 Å². The van der Waals surface area contributed by atoms with Crippen molar-refractivity contribution in [2.45, 2.75) is 27.2 Å². The molecule has 0 aromatic carbocycles. The molecule has 1 atom stereocenters. The summed E-state index contributed by atoms with van der Waals surface area (Å²) in [6, 6.07) is 4.29. The lowest BCUT2D eigenvalue weighted by Gasteiger charge is -2.29. The van der Waals surface area contributed by atoms with Crippen molar-refractivity contribution in [1.29, 1.82) is 0 Å². The van der Waals surface area contributed by atoms with Crippen LogP contribution in [0.2, 0.25) is 0 Å². The maximum Gasteiger partial charge on any atom is 0.0701 e. The van der Waals surface area contributed by atoms with E-state index in [1.54, 1.807) is 0 Å². The molecule has 80 valence electrons. The van der Waals surface area contributed by atoms with Crippen LogP contribution in [0.4, 0.5) is 0 Å². The Morgan fingerprint density at radius 3 is 2.43 bits per heavy atom. The summed E-state index contributed by atoms with van der Waals surface area (Å²) < 4.78 is 1.21. The zero-order valence-electron chi connectivity index (χ0n) is 9.01. The van der Waals surface area contributed by atoms with Crippen LogP contribution in [0, 0.1) is 11.3 Å². The SMILES string of the molecule is CC(C)(C)C(CN)Cc1ccc(Br)s1. The van der Waals surface area contributed by atoms with Crippen LogP contribution in [-0.2, 0) is 6.42 Å². The largest absolute Gasteiger partial charge is 0.330 e. The van der Waals surface area contributed by atoms with Gasteiger partial charge in [0, 0.05) is 4.88 Å². The van der Waals surface area contributed by atoms with Gasteiger partial charge in [0.1, 0.15) is 0 Å². The molecule has 1 heterocycles. The zero-order valence-corrected chi connectivity index (χ0v) is 11.4. The summed E-state index contributed by atoms with van der Waals surface area (Å²) in [6.07, 6.45) is 1.09. The number of hydrogen-bond acceptors (Lipinski definition) is 2. The van der Waals surface area contributed by atoms with Crippen molar-refractivity contribution in [2.75, 3.05) is 6.54 Å². The first kappa shape index (κ1) is 12.2. The van der Waals surface area contributed by atoms with Gasteiger partial charge >= 0.3 is 0 Å². The molecular formula is C11H18BrNS. The summed E-state index contributed by atoms with van der Waals surface area (Å²) >= 11 is 5.29. The Kier molecular flexibility index (Phi) is 4.16. The maximum atomic E-state index is 5.81. The van der Waals surface area contributed by atoms with E-state index >= 15 is 0 Å². The van der Waals surface area contributed by atoms with E-state index in [9.17, 15) is 0 Å². The standard InChI is InChI=1S/C11H18BrNS/c1-11(2,3)8(7-13)6-9-4-5-10(12)14-9/h4-5,8H,6-7,13H2,1-3H3. The third-order valence-electron chi connectivity index (χ3n) is 2.59. The zero-order chi connectivity index (χ0) is 10.8. The highest BCUT2D eigenvalue weighted by molar-refractivity contribution is 9.11. The Bertz CT molecular complexity index is 288. The highest BCUT2D eigenvalue weighted by Crippen LogP contribution is 2.31. The van der Waals surface area contributed by atoms with E-state index in [0.29, 0.717) is 11.3 Å². The van der Waals surface area contributed by atoms with Crippen molar-refractivity contribution in [1.82, 2.24) is 0 Å². The molecule has 0 saturated heterocycles. The molecule has 0 bridgehead atoms. The van der Waals surface area contributed by atoms with E-state index in [1.807, 2.05) is 11.3 Å². The van der Waals surface area contributed by atoms with Gasteiger partial charge in [-0.1, -0.05) is 20.8 Å². The van der Waals surface area contributed by atoms with Gasteiger partial charge in [-0.25, -0.2) is 0 Å². The lowest BCUT2D eigenvalue weighted by Crippen LogP contribution is -2.29. The van der Waals surface area contributed by atoms with Gasteiger partial charge in [0.15, 0.2) is 0 Å². The van der Waals surface area contributed by atoms with Gasteiger partial charge in [-0.3, -0.25) is 0 Å². The molecular weight excluding hydrogens is 258 g/mol. The van der Waals surface area contributed by atoms with Crippen LogP contribution in [0.25, 0.3) is 0 Å². The van der Waals surface area contributed by atoms with E-state index in [4.69, 9.17) is 5.73 Å². The van der Waals surface area contributed by atoms with Crippen LogP contribution in [0.3, 0.4) is 0 Å². The molecule has 3 heteroatoms. The molecule has 1 rings (SSSR count). The first-order valence-corrected chi connectivity index (χ1v) is 6.48. The minimum absolute atomic E-state index is 0.297. The highest BCUT2D eigenvalue weighted by Gasteiger charge is 2.23. The molecule has 14 heavy (non-hydrogen) atoms. The lowest BCUT2D eigenvalue weighted by molar-refractivity contribution is 0.247. The normalized spacial score (nSPS) is 14.4. The van der Waals surface area contributed by atoms with E-state index in [0.717, 1.165) is 13.0 Å². The fraction of sp³-hybridized carbons (Fsp3) is 0.636. The molecule has 0 spiro atoms. The molecule has 1 aromatic rings. The third-order valence-corrected chi connectivity index (χ3v) is 4.23. The Balaban J connectivity index is 2.66. The van der Waals surface area contributed by atoms with Crippen molar-refractivity contribution in [3.05, 3.63) is 20.8 Å². The topological polar surface area (TPSA) is 26.0 Å². The fourth-order valence-corrected chi connectivity index (χ4v) is 3.01. The first-order valence-electron chi connectivity index (χ1n) is 4.87. The van der Waals surface area contributed by atoms with Crippen LogP contribution in [0.15, 0.2) is 15.9 Å². The summed E-state index contributed by atoms with van der Waals surface area (Å²) in [5.41, 5.74) is 6.10. The second-order valence-corrected chi connectivity index (χ2v) is 7.26. The molecule has 1 nitrogen and oxygen atoms in total. The van der Waals surface area contributed by atoms with E-state index < -0.39 is 0 Å². The first-order chi connectivity index (χ1) is 6.43. The Labute approximate surface area is 98.8 Å². The van der Waals surface area contributed by atoms with Crippen LogP contribution in [0.5, 0.6) is 0 Å². The molecule has 1 aromatic heterocycles. The quantitative estimate of drug-likeness (QED) is 0.895. The molecule has 1 unspecified atom stereocenters. The summed E-state index contributed by atoms with van der Waals surface area (Å²) in [5.74, 6) is 0.563. The summed E-state index contributed by atoms with van der Waals surface area (Å²) in [5, 5.41) is 0. The van der Waals surface area contributed by atoms with Gasteiger partial charge in [0.2, 0.25) is 0 Å². The van der Waals surface area contributed by atoms with Crippen molar-refractivity contribution in [3.63, 3.8) is 0 Å². The fourth-order valence-electron chi connectivity index (χ4n) is 1.45. The van der Waals surface area contributed by atoms with E-state index in [1.165, 1.54) is 8.66 Å². The van der Waals surface area contributed by atoms with Crippen molar-refractivity contribution >= 4 is 27.3 Å². The average Bonchev–Trinajstić information content (AvgIpc) is 2.45. The van der Waals surface area contributed by atoms with Gasteiger partial charge < -0.3 is 5.73 Å². The molecule has 0 aliphatic heterocycles. The van der Waals surface area contributed by atoms with Crippen LogP contribution in [0.1, 0.15) is 25.6 Å². The predicted molar refractivity (Wildman–Crippen MR) is 67.7 cm³/mol. The number of hydrogen-bond donors (Lipinski definition) is 1. The molecule has 2 N–H and O–H groups in total. The minimum Gasteiger partial charge on any atom is -0.330 e. The van der Waals surface area contributed by atoms with Crippen molar-refractivity contribution < 1.29 is 0 Å². The number of rotatable bonds is 3. The Morgan fingerprint density at radius 2 is 2.07 bits per heavy atom. The number of thiophene rings is 1. The third kappa shape index (κ3) is 3.37. The molecule has 0 aliphatic carbocycles. The average molecular weight is 276 g/mol. The summed E-state index contributed by atoms with van der Waals surface area (Å²) in [7, 11) is 0. The molecule has 0 saturated carbocycles. The molecule has 0 aliphatic rings. The van der Waals surface area contributed by atoms with Gasteiger partial charge in [-0.15, -0.1) is 11.3 Å². The predicted octanol–water partition coefficient (Wildman–Crippen LogP) is 3.67. The van der Waals surface area contributed by atoms with Crippen molar-refractivity contribution in [3.8, 4) is 0 Å². The summed E-state index contributed by atoms with van der Waals surface area (Å²) in [6.45, 7) is 7.53. The maximum absolute atomic E-state index is 5.81. The Hall–Kier alpha value is 0.140. The number of halogens is 1. The van der Waals surface area contributed by atoms with E-state index in [-0.39, 0.29) is 0 Å². The van der Waals surface area contributed by atoms with Crippen LogP contribution >= 0.6 is 27.3 Å². The summed E-state index contributed by atoms with van der Waals surface area (Å²) in [4.78, 5) is 1.42. The van der Waals surface area contributed by atoms with Gasteiger partial charge in [-0.05, 0) is 52.4 Å². The van der Waals surface area contributed by atoms with Crippen LogP contribution < -0.4 is 5.73 Å². The second-order valence-electron chi connectivity index (χ2n) is 4.71. The molecule has 0 amide bonds. The van der Waals surface area contributed by atoms with Crippen molar-refractivity contribution in [2.24, 2.45) is 17.1 Å².